The number of aryl methyl sites for hydroxylation is 2. The molecule has 1 N–H and O–H groups in total. The summed E-state index contributed by atoms with van der Waals surface area (Å²) in [7, 11) is -3.60. The molecule has 4 rings (SSSR count). The molecule has 1 fully saturated rings. The van der Waals surface area contributed by atoms with Crippen LogP contribution in [0.1, 0.15) is 67.2 Å². The molecule has 1 aliphatic carbocycles. The Kier molecular flexibility index (Phi) is 12.3. The number of hydrogen-bond donors (Lipinski definition) is 1. The normalized spacial score (nSPS) is 14.5. The fraction of sp³-hybridized carbons (Fsp3) is 0.429. The average Bonchev–Trinajstić information content (AvgIpc) is 3.00. The molecule has 7 nitrogen and oxygen atoms in total. The second-order valence-corrected chi connectivity index (χ2v) is 14.8. The van der Waals surface area contributed by atoms with Gasteiger partial charge in [0.2, 0.25) is 21.8 Å². The van der Waals surface area contributed by atoms with Gasteiger partial charge in [-0.2, -0.15) is 0 Å². The molecule has 1 saturated carbocycles. The van der Waals surface area contributed by atoms with Crippen LogP contribution in [0.4, 0.5) is 5.69 Å². The summed E-state index contributed by atoms with van der Waals surface area (Å²) in [6, 6.07) is 19.9. The maximum atomic E-state index is 14.1. The highest BCUT2D eigenvalue weighted by molar-refractivity contribution is 7.92. The minimum absolute atomic E-state index is 0.0558. The van der Waals surface area contributed by atoms with Crippen LogP contribution < -0.4 is 9.62 Å². The lowest BCUT2D eigenvalue weighted by molar-refractivity contribution is -0.141. The van der Waals surface area contributed by atoms with E-state index < -0.39 is 16.1 Å². The molecule has 0 aromatic heterocycles. The van der Waals surface area contributed by atoms with Gasteiger partial charge in [-0.15, -0.1) is 0 Å². The molecule has 0 radical (unpaired) electrons. The zero-order valence-corrected chi connectivity index (χ0v) is 28.6. The highest BCUT2D eigenvalue weighted by Crippen LogP contribution is 2.27. The Morgan fingerprint density at radius 2 is 1.62 bits per heavy atom. The lowest BCUT2D eigenvalue weighted by Gasteiger charge is -2.34. The van der Waals surface area contributed by atoms with Crippen molar-refractivity contribution in [3.05, 3.63) is 99.0 Å². The van der Waals surface area contributed by atoms with Crippen molar-refractivity contribution in [2.24, 2.45) is 0 Å². The van der Waals surface area contributed by atoms with Crippen LogP contribution in [0.2, 0.25) is 10.0 Å². The summed E-state index contributed by atoms with van der Waals surface area (Å²) >= 11 is 12.5. The first-order valence-electron chi connectivity index (χ1n) is 15.5. The van der Waals surface area contributed by atoms with E-state index in [4.69, 9.17) is 23.2 Å². The lowest BCUT2D eigenvalue weighted by Crippen LogP contribution is -2.53. The third-order valence-electron chi connectivity index (χ3n) is 8.35. The molecule has 45 heavy (non-hydrogen) atoms. The van der Waals surface area contributed by atoms with Crippen LogP contribution in [0, 0.1) is 13.8 Å². The Hall–Kier alpha value is -3.07. The Bertz CT molecular complexity index is 1580. The summed E-state index contributed by atoms with van der Waals surface area (Å²) in [6.07, 6.45) is 6.99. The van der Waals surface area contributed by atoms with Crippen LogP contribution in [0.25, 0.3) is 0 Å². The average molecular weight is 673 g/mol. The summed E-state index contributed by atoms with van der Waals surface area (Å²) in [4.78, 5) is 29.8. The standard InChI is InChI=1S/C35H43Cl2N3O4S/c1-25-16-17-26(2)32(21-25)40(45(3,43)44)20-10-15-34(41)39(24-28-18-19-30(36)31(37)22-28)33(23-27-11-6-4-7-12-27)35(42)38-29-13-8-5-9-14-29/h4,6-7,11-12,16-19,21-22,29,33H,5,8-10,13-15,20,23-24H2,1-3H3,(H,38,42)/t33-/m0/s1. The van der Waals surface area contributed by atoms with Crippen LogP contribution in [-0.2, 0) is 32.6 Å². The van der Waals surface area contributed by atoms with Gasteiger partial charge in [0.05, 0.1) is 22.0 Å². The molecule has 0 heterocycles. The highest BCUT2D eigenvalue weighted by atomic mass is 35.5. The first kappa shape index (κ1) is 34.8. The second kappa shape index (κ2) is 16.0. The molecule has 3 aromatic rings. The van der Waals surface area contributed by atoms with Gasteiger partial charge in [-0.1, -0.05) is 91.0 Å². The minimum atomic E-state index is -3.60. The quantitative estimate of drug-likeness (QED) is 0.207. The molecule has 0 aliphatic heterocycles. The molecule has 10 heteroatoms. The fourth-order valence-corrected chi connectivity index (χ4v) is 7.24. The van der Waals surface area contributed by atoms with Crippen molar-refractivity contribution in [1.29, 1.82) is 0 Å². The highest BCUT2D eigenvalue weighted by Gasteiger charge is 2.32. The SMILES string of the molecule is Cc1ccc(C)c(N(CCCC(=O)N(Cc2ccc(Cl)c(Cl)c2)[C@@H](Cc2ccccc2)C(=O)NC2CCCCC2)S(C)(=O)=O)c1. The molecule has 2 amide bonds. The second-order valence-electron chi connectivity index (χ2n) is 12.0. The summed E-state index contributed by atoms with van der Waals surface area (Å²) in [5.74, 6) is -0.428. The topological polar surface area (TPSA) is 86.8 Å². The summed E-state index contributed by atoms with van der Waals surface area (Å²) in [5.41, 5.74) is 4.06. The molecule has 0 spiro atoms. The van der Waals surface area contributed by atoms with Crippen LogP contribution in [-0.4, -0.2) is 50.0 Å². The number of hydrogen-bond acceptors (Lipinski definition) is 4. The van der Waals surface area contributed by atoms with Gasteiger partial charge >= 0.3 is 0 Å². The number of benzene rings is 3. The van der Waals surface area contributed by atoms with Crippen molar-refractivity contribution in [2.45, 2.75) is 83.8 Å². The van der Waals surface area contributed by atoms with Crippen molar-refractivity contribution in [3.63, 3.8) is 0 Å². The molecule has 0 unspecified atom stereocenters. The zero-order valence-electron chi connectivity index (χ0n) is 26.3. The lowest BCUT2D eigenvalue weighted by atomic mass is 9.94. The number of amides is 2. The van der Waals surface area contributed by atoms with Gasteiger partial charge in [0.25, 0.3) is 0 Å². The largest absolute Gasteiger partial charge is 0.352 e. The molecular weight excluding hydrogens is 629 g/mol. The van der Waals surface area contributed by atoms with Gasteiger partial charge in [-0.05, 0) is 73.6 Å². The Morgan fingerprint density at radius 3 is 2.29 bits per heavy atom. The Morgan fingerprint density at radius 1 is 0.911 bits per heavy atom. The van der Waals surface area contributed by atoms with E-state index in [1.807, 2.05) is 62.4 Å². The van der Waals surface area contributed by atoms with E-state index in [1.54, 1.807) is 23.1 Å². The van der Waals surface area contributed by atoms with E-state index in [0.717, 1.165) is 54.4 Å². The third-order valence-corrected chi connectivity index (χ3v) is 10.3. The third kappa shape index (κ3) is 9.96. The number of carbonyl (C=O) groups is 2. The van der Waals surface area contributed by atoms with Crippen molar-refractivity contribution in [2.75, 3.05) is 17.1 Å². The smallest absolute Gasteiger partial charge is 0.243 e. The molecule has 1 atom stereocenters. The number of anilines is 1. The van der Waals surface area contributed by atoms with Gasteiger partial charge in [0.15, 0.2) is 0 Å². The monoisotopic (exact) mass is 671 g/mol. The Labute approximate surface area is 278 Å². The van der Waals surface area contributed by atoms with Crippen molar-refractivity contribution in [3.8, 4) is 0 Å². The molecule has 242 valence electrons. The summed E-state index contributed by atoms with van der Waals surface area (Å²) in [5, 5.41) is 4.01. The minimum Gasteiger partial charge on any atom is -0.352 e. The van der Waals surface area contributed by atoms with Crippen molar-refractivity contribution < 1.29 is 18.0 Å². The van der Waals surface area contributed by atoms with Gasteiger partial charge in [-0.3, -0.25) is 13.9 Å². The zero-order chi connectivity index (χ0) is 32.6. The molecule has 0 bridgehead atoms. The number of sulfonamides is 1. The first-order valence-corrected chi connectivity index (χ1v) is 18.2. The van der Waals surface area contributed by atoms with E-state index >= 15 is 0 Å². The van der Waals surface area contributed by atoms with E-state index in [9.17, 15) is 18.0 Å². The van der Waals surface area contributed by atoms with Crippen molar-refractivity contribution >= 4 is 50.7 Å². The molecule has 0 saturated heterocycles. The maximum Gasteiger partial charge on any atom is 0.243 e. The van der Waals surface area contributed by atoms with Crippen LogP contribution >= 0.6 is 23.2 Å². The fourth-order valence-electron chi connectivity index (χ4n) is 5.90. The summed E-state index contributed by atoms with van der Waals surface area (Å²) < 4.78 is 27.1. The van der Waals surface area contributed by atoms with Crippen LogP contribution in [0.3, 0.4) is 0 Å². The number of carbonyl (C=O) groups excluding carboxylic acids is 2. The van der Waals surface area contributed by atoms with Crippen LogP contribution in [0.15, 0.2) is 66.7 Å². The maximum absolute atomic E-state index is 14.1. The van der Waals surface area contributed by atoms with Gasteiger partial charge in [0.1, 0.15) is 6.04 Å². The van der Waals surface area contributed by atoms with Gasteiger partial charge < -0.3 is 10.2 Å². The predicted molar refractivity (Wildman–Crippen MR) is 183 cm³/mol. The molecule has 3 aromatic carbocycles. The van der Waals surface area contributed by atoms with Gasteiger partial charge in [-0.25, -0.2) is 8.42 Å². The van der Waals surface area contributed by atoms with E-state index in [2.05, 4.69) is 5.32 Å². The van der Waals surface area contributed by atoms with Gasteiger partial charge in [0, 0.05) is 32.0 Å². The summed E-state index contributed by atoms with van der Waals surface area (Å²) in [6.45, 7) is 4.07. The Balaban J connectivity index is 1.62. The first-order chi connectivity index (χ1) is 21.4. The number of nitrogens with one attached hydrogen (secondary N) is 1. The van der Waals surface area contributed by atoms with E-state index in [1.165, 1.54) is 10.6 Å². The van der Waals surface area contributed by atoms with E-state index in [-0.39, 0.29) is 43.8 Å². The predicted octanol–water partition coefficient (Wildman–Crippen LogP) is 7.25. The van der Waals surface area contributed by atoms with E-state index in [0.29, 0.717) is 22.2 Å². The van der Waals surface area contributed by atoms with Crippen LogP contribution in [0.5, 0.6) is 0 Å². The van der Waals surface area contributed by atoms with Crippen molar-refractivity contribution in [1.82, 2.24) is 10.2 Å². The number of halogens is 2. The molecular formula is C35H43Cl2N3O4S. The number of nitrogens with zero attached hydrogens (tertiary/aromatic N) is 2. The number of rotatable bonds is 13. The molecule has 1 aliphatic rings.